The number of carboxylic acids is 1. The number of carbonyl (C=O) groups is 2. The van der Waals surface area contributed by atoms with E-state index in [4.69, 9.17) is 5.11 Å². The Kier molecular flexibility index (Phi) is 4.22. The molecule has 3 unspecified atom stereocenters. The average molecular weight is 254 g/mol. The van der Waals surface area contributed by atoms with Gasteiger partial charge in [0.25, 0.3) is 0 Å². The molecule has 0 radical (unpaired) electrons. The van der Waals surface area contributed by atoms with E-state index in [1.807, 2.05) is 6.92 Å². The van der Waals surface area contributed by atoms with Crippen molar-refractivity contribution in [1.82, 2.24) is 10.6 Å². The van der Waals surface area contributed by atoms with Gasteiger partial charge in [-0.1, -0.05) is 6.42 Å². The molecular weight excluding hydrogens is 232 g/mol. The molecule has 2 aliphatic carbocycles. The summed E-state index contributed by atoms with van der Waals surface area (Å²) in [5.41, 5.74) is 0. The van der Waals surface area contributed by atoms with Crippen molar-refractivity contribution in [1.29, 1.82) is 0 Å². The van der Waals surface area contributed by atoms with Gasteiger partial charge in [-0.3, -0.25) is 9.59 Å². The van der Waals surface area contributed by atoms with Gasteiger partial charge in [0, 0.05) is 12.1 Å². The molecule has 0 aliphatic heterocycles. The first-order valence-corrected chi connectivity index (χ1v) is 6.85. The van der Waals surface area contributed by atoms with Crippen LogP contribution in [0.3, 0.4) is 0 Å². The monoisotopic (exact) mass is 254 g/mol. The van der Waals surface area contributed by atoms with Crippen LogP contribution in [0.5, 0.6) is 0 Å². The molecule has 3 N–H and O–H groups in total. The van der Waals surface area contributed by atoms with Crippen LogP contribution in [0.25, 0.3) is 0 Å². The summed E-state index contributed by atoms with van der Waals surface area (Å²) in [4.78, 5) is 22.8. The largest absolute Gasteiger partial charge is 0.481 e. The summed E-state index contributed by atoms with van der Waals surface area (Å²) in [5.74, 6) is -0.929. The minimum atomic E-state index is -0.711. The van der Waals surface area contributed by atoms with Gasteiger partial charge in [0.15, 0.2) is 0 Å². The van der Waals surface area contributed by atoms with Crippen LogP contribution >= 0.6 is 0 Å². The zero-order valence-electron chi connectivity index (χ0n) is 10.8. The second-order valence-electron chi connectivity index (χ2n) is 5.57. The maximum atomic E-state index is 11.8. The fraction of sp³-hybridized carbons (Fsp3) is 0.846. The molecule has 0 saturated heterocycles. The van der Waals surface area contributed by atoms with Crippen LogP contribution in [-0.4, -0.2) is 35.1 Å². The van der Waals surface area contributed by atoms with E-state index in [-0.39, 0.29) is 23.9 Å². The fourth-order valence-electron chi connectivity index (χ4n) is 2.55. The lowest BCUT2D eigenvalue weighted by Gasteiger charge is -2.29. The van der Waals surface area contributed by atoms with Gasteiger partial charge in [-0.25, -0.2) is 0 Å². The van der Waals surface area contributed by atoms with E-state index in [0.717, 1.165) is 32.1 Å². The van der Waals surface area contributed by atoms with Crippen LogP contribution in [-0.2, 0) is 9.59 Å². The molecule has 5 heteroatoms. The highest BCUT2D eigenvalue weighted by molar-refractivity contribution is 5.81. The molecule has 0 aromatic rings. The summed E-state index contributed by atoms with van der Waals surface area (Å²) in [6.45, 7) is 1.85. The molecule has 5 nitrogen and oxygen atoms in total. The van der Waals surface area contributed by atoms with Crippen molar-refractivity contribution in [3.63, 3.8) is 0 Å². The van der Waals surface area contributed by atoms with Crippen LogP contribution in [0.15, 0.2) is 0 Å². The zero-order chi connectivity index (χ0) is 13.1. The minimum absolute atomic E-state index is 0.0370. The molecule has 0 bridgehead atoms. The van der Waals surface area contributed by atoms with E-state index < -0.39 is 5.97 Å². The standard InChI is InChI=1S/C13H22N2O3/c1-8(12(16)15-10-5-6-10)14-11-4-2-3-9(7-11)13(17)18/h8-11,14H,2-7H2,1H3,(H,15,16)(H,17,18). The number of carboxylic acid groups (broad SMARTS) is 1. The topological polar surface area (TPSA) is 78.4 Å². The van der Waals surface area contributed by atoms with E-state index in [9.17, 15) is 9.59 Å². The zero-order valence-corrected chi connectivity index (χ0v) is 10.8. The summed E-state index contributed by atoms with van der Waals surface area (Å²) >= 11 is 0. The number of carbonyl (C=O) groups excluding carboxylic acids is 1. The van der Waals surface area contributed by atoms with Gasteiger partial charge in [0.2, 0.25) is 5.91 Å². The van der Waals surface area contributed by atoms with Gasteiger partial charge in [-0.15, -0.1) is 0 Å². The van der Waals surface area contributed by atoms with Crippen molar-refractivity contribution in [2.75, 3.05) is 0 Å². The van der Waals surface area contributed by atoms with Crippen molar-refractivity contribution < 1.29 is 14.7 Å². The molecule has 2 rings (SSSR count). The van der Waals surface area contributed by atoms with Gasteiger partial charge in [0.1, 0.15) is 0 Å². The Labute approximate surface area is 107 Å². The fourth-order valence-corrected chi connectivity index (χ4v) is 2.55. The van der Waals surface area contributed by atoms with E-state index in [0.29, 0.717) is 12.5 Å². The van der Waals surface area contributed by atoms with Crippen LogP contribution in [0, 0.1) is 5.92 Å². The van der Waals surface area contributed by atoms with Crippen molar-refractivity contribution in [3.8, 4) is 0 Å². The molecule has 1 amide bonds. The molecule has 0 aromatic heterocycles. The molecule has 2 fully saturated rings. The van der Waals surface area contributed by atoms with E-state index in [1.165, 1.54) is 0 Å². The van der Waals surface area contributed by atoms with Crippen molar-refractivity contribution in [2.24, 2.45) is 5.92 Å². The van der Waals surface area contributed by atoms with Gasteiger partial charge in [-0.05, 0) is 39.0 Å². The highest BCUT2D eigenvalue weighted by Gasteiger charge is 2.30. The first kappa shape index (κ1) is 13.3. The molecule has 102 valence electrons. The Morgan fingerprint density at radius 3 is 2.50 bits per heavy atom. The molecule has 0 aromatic carbocycles. The van der Waals surface area contributed by atoms with Crippen LogP contribution in [0.4, 0.5) is 0 Å². The minimum Gasteiger partial charge on any atom is -0.481 e. The van der Waals surface area contributed by atoms with Gasteiger partial charge in [0.05, 0.1) is 12.0 Å². The summed E-state index contributed by atoms with van der Waals surface area (Å²) in [6.07, 6.45) is 5.45. The lowest BCUT2D eigenvalue weighted by Crippen LogP contribution is -2.48. The van der Waals surface area contributed by atoms with Crippen LogP contribution in [0.2, 0.25) is 0 Å². The average Bonchev–Trinajstić information content (AvgIpc) is 3.13. The van der Waals surface area contributed by atoms with Gasteiger partial charge in [-0.2, -0.15) is 0 Å². The van der Waals surface area contributed by atoms with Crippen molar-refractivity contribution >= 4 is 11.9 Å². The lowest BCUT2D eigenvalue weighted by molar-refractivity contribution is -0.143. The Morgan fingerprint density at radius 1 is 1.17 bits per heavy atom. The number of aliphatic carboxylic acids is 1. The number of nitrogens with one attached hydrogen (secondary N) is 2. The third-order valence-electron chi connectivity index (χ3n) is 3.83. The number of hydrogen-bond acceptors (Lipinski definition) is 3. The number of amides is 1. The number of rotatable bonds is 5. The van der Waals surface area contributed by atoms with Crippen molar-refractivity contribution in [3.05, 3.63) is 0 Å². The summed E-state index contributed by atoms with van der Waals surface area (Å²) in [6, 6.07) is 0.294. The molecular formula is C13H22N2O3. The second-order valence-corrected chi connectivity index (χ2v) is 5.57. The molecule has 3 atom stereocenters. The van der Waals surface area contributed by atoms with E-state index in [1.54, 1.807) is 0 Å². The third kappa shape index (κ3) is 3.70. The normalized spacial score (nSPS) is 29.6. The molecule has 0 heterocycles. The molecule has 0 spiro atoms. The Morgan fingerprint density at radius 2 is 1.89 bits per heavy atom. The molecule has 2 saturated carbocycles. The maximum absolute atomic E-state index is 11.8. The van der Waals surface area contributed by atoms with E-state index >= 15 is 0 Å². The summed E-state index contributed by atoms with van der Waals surface area (Å²) < 4.78 is 0. The number of hydrogen-bond donors (Lipinski definition) is 3. The van der Waals surface area contributed by atoms with Gasteiger partial charge >= 0.3 is 5.97 Å². The van der Waals surface area contributed by atoms with Crippen LogP contribution in [0.1, 0.15) is 45.4 Å². The Balaban J connectivity index is 1.76. The molecule has 18 heavy (non-hydrogen) atoms. The highest BCUT2D eigenvalue weighted by Crippen LogP contribution is 2.25. The molecule has 2 aliphatic rings. The van der Waals surface area contributed by atoms with E-state index in [2.05, 4.69) is 10.6 Å². The lowest BCUT2D eigenvalue weighted by atomic mass is 9.85. The van der Waals surface area contributed by atoms with Crippen LogP contribution < -0.4 is 10.6 Å². The Bertz CT molecular complexity index is 328. The Hall–Kier alpha value is -1.10. The SMILES string of the molecule is CC(NC1CCCC(C(=O)O)C1)C(=O)NC1CC1. The second kappa shape index (κ2) is 5.69. The van der Waals surface area contributed by atoms with Crippen molar-refractivity contribution in [2.45, 2.75) is 63.6 Å². The summed E-state index contributed by atoms with van der Waals surface area (Å²) in [5, 5.41) is 15.2. The first-order valence-electron chi connectivity index (χ1n) is 6.85. The maximum Gasteiger partial charge on any atom is 0.306 e. The first-order chi connectivity index (χ1) is 8.56. The smallest absolute Gasteiger partial charge is 0.306 e. The highest BCUT2D eigenvalue weighted by atomic mass is 16.4. The quantitative estimate of drug-likeness (QED) is 0.680. The predicted octanol–water partition coefficient (Wildman–Crippen LogP) is 0.887. The predicted molar refractivity (Wildman–Crippen MR) is 67.1 cm³/mol. The third-order valence-corrected chi connectivity index (χ3v) is 3.83. The van der Waals surface area contributed by atoms with Gasteiger partial charge < -0.3 is 15.7 Å². The summed E-state index contributed by atoms with van der Waals surface area (Å²) in [7, 11) is 0.